The molecule has 3 nitrogen and oxygen atoms in total. The summed E-state index contributed by atoms with van der Waals surface area (Å²) >= 11 is 7.45. The first-order chi connectivity index (χ1) is 12.5. The van der Waals surface area contributed by atoms with Gasteiger partial charge in [0.05, 0.1) is 12.1 Å². The molecule has 3 aromatic rings. The van der Waals surface area contributed by atoms with E-state index in [4.69, 9.17) is 11.6 Å². The third-order valence-corrected chi connectivity index (χ3v) is 5.14. The van der Waals surface area contributed by atoms with E-state index in [1.807, 2.05) is 17.5 Å². The lowest BCUT2D eigenvalue weighted by Crippen LogP contribution is -2.40. The molecule has 0 aliphatic carbocycles. The van der Waals surface area contributed by atoms with Crippen LogP contribution in [-0.2, 0) is 4.79 Å². The number of halogens is 2. The number of anilines is 1. The van der Waals surface area contributed by atoms with Crippen LogP contribution in [0.25, 0.3) is 0 Å². The fraction of sp³-hybridized carbons (Fsp3) is 0.150. The lowest BCUT2D eigenvalue weighted by atomic mass is 10.0. The van der Waals surface area contributed by atoms with E-state index < -0.39 is 6.04 Å². The highest BCUT2D eigenvalue weighted by atomic mass is 35.5. The van der Waals surface area contributed by atoms with E-state index in [1.54, 1.807) is 54.7 Å². The van der Waals surface area contributed by atoms with Crippen molar-refractivity contribution in [2.24, 2.45) is 0 Å². The number of hydrogen-bond donors (Lipinski definition) is 2. The van der Waals surface area contributed by atoms with Gasteiger partial charge in [0.2, 0.25) is 5.91 Å². The van der Waals surface area contributed by atoms with Gasteiger partial charge in [0.15, 0.2) is 0 Å². The monoisotopic (exact) mass is 388 g/mol. The first-order valence-corrected chi connectivity index (χ1v) is 9.40. The summed E-state index contributed by atoms with van der Waals surface area (Å²) in [6, 6.07) is 16.6. The van der Waals surface area contributed by atoms with Gasteiger partial charge in [-0.2, -0.15) is 0 Å². The Balaban J connectivity index is 1.74. The smallest absolute Gasteiger partial charge is 0.241 e. The van der Waals surface area contributed by atoms with E-state index in [0.717, 1.165) is 10.4 Å². The molecule has 1 heterocycles. The lowest BCUT2D eigenvalue weighted by Gasteiger charge is -2.22. The van der Waals surface area contributed by atoms with Crippen molar-refractivity contribution in [1.29, 1.82) is 0 Å². The van der Waals surface area contributed by atoms with E-state index in [0.29, 0.717) is 10.7 Å². The summed E-state index contributed by atoms with van der Waals surface area (Å²) in [4.78, 5) is 13.6. The van der Waals surface area contributed by atoms with Gasteiger partial charge in [-0.05, 0) is 60.3 Å². The number of hydrogen-bond acceptors (Lipinski definition) is 3. The fourth-order valence-corrected chi connectivity index (χ4v) is 3.50. The summed E-state index contributed by atoms with van der Waals surface area (Å²) in [7, 11) is 0. The summed E-state index contributed by atoms with van der Waals surface area (Å²) < 4.78 is 13.3. The van der Waals surface area contributed by atoms with E-state index >= 15 is 0 Å². The van der Waals surface area contributed by atoms with E-state index in [-0.39, 0.29) is 17.8 Å². The van der Waals surface area contributed by atoms with Crippen molar-refractivity contribution in [3.8, 4) is 0 Å². The van der Waals surface area contributed by atoms with Gasteiger partial charge in [-0.25, -0.2) is 4.39 Å². The van der Waals surface area contributed by atoms with Crippen LogP contribution in [0.5, 0.6) is 0 Å². The first kappa shape index (κ1) is 18.6. The maximum absolute atomic E-state index is 13.3. The van der Waals surface area contributed by atoms with Gasteiger partial charge in [0.25, 0.3) is 0 Å². The van der Waals surface area contributed by atoms with Crippen LogP contribution in [0.3, 0.4) is 0 Å². The Morgan fingerprint density at radius 2 is 1.77 bits per heavy atom. The molecule has 3 rings (SSSR count). The van der Waals surface area contributed by atoms with Crippen LogP contribution in [0.2, 0.25) is 5.02 Å². The van der Waals surface area contributed by atoms with Crippen LogP contribution in [0.4, 0.5) is 10.1 Å². The normalized spacial score (nSPS) is 13.2. The van der Waals surface area contributed by atoms with Gasteiger partial charge >= 0.3 is 0 Å². The zero-order chi connectivity index (χ0) is 18.5. The Bertz CT molecular complexity index is 851. The number of amides is 1. The topological polar surface area (TPSA) is 41.1 Å². The molecular weight excluding hydrogens is 371 g/mol. The SMILES string of the molecule is C[C@@H](N[C@H](c1ccc(F)cc1)c1cccs1)C(=O)Nc1ccc(Cl)cc1. The highest BCUT2D eigenvalue weighted by Gasteiger charge is 2.21. The van der Waals surface area contributed by atoms with Gasteiger partial charge in [0.1, 0.15) is 5.82 Å². The van der Waals surface area contributed by atoms with E-state index in [9.17, 15) is 9.18 Å². The molecule has 1 amide bonds. The van der Waals surface area contributed by atoms with Crippen molar-refractivity contribution < 1.29 is 9.18 Å². The number of carbonyl (C=O) groups is 1. The van der Waals surface area contributed by atoms with Crippen molar-refractivity contribution in [1.82, 2.24) is 5.32 Å². The Morgan fingerprint density at radius 1 is 1.08 bits per heavy atom. The minimum atomic E-state index is -0.456. The molecular formula is C20H18ClFN2OS. The molecule has 0 unspecified atom stereocenters. The number of rotatable bonds is 6. The highest BCUT2D eigenvalue weighted by Crippen LogP contribution is 2.27. The zero-order valence-electron chi connectivity index (χ0n) is 14.1. The van der Waals surface area contributed by atoms with Crippen molar-refractivity contribution >= 4 is 34.5 Å². The van der Waals surface area contributed by atoms with Gasteiger partial charge in [-0.3, -0.25) is 10.1 Å². The van der Waals surface area contributed by atoms with E-state index in [1.165, 1.54) is 12.1 Å². The van der Waals surface area contributed by atoms with Crippen LogP contribution in [0, 0.1) is 5.82 Å². The molecule has 1 aromatic heterocycles. The predicted octanol–water partition coefficient (Wildman–Crippen LogP) is 5.25. The predicted molar refractivity (Wildman–Crippen MR) is 105 cm³/mol. The molecule has 0 fully saturated rings. The van der Waals surface area contributed by atoms with Gasteiger partial charge in [0, 0.05) is 15.6 Å². The van der Waals surface area contributed by atoms with Crippen LogP contribution in [0.15, 0.2) is 66.0 Å². The first-order valence-electron chi connectivity index (χ1n) is 8.14. The molecule has 0 bridgehead atoms. The largest absolute Gasteiger partial charge is 0.325 e. The van der Waals surface area contributed by atoms with Crippen molar-refractivity contribution in [2.45, 2.75) is 19.0 Å². The molecule has 2 atom stereocenters. The Kier molecular flexibility index (Phi) is 6.04. The van der Waals surface area contributed by atoms with Crippen LogP contribution in [0.1, 0.15) is 23.4 Å². The Morgan fingerprint density at radius 3 is 2.38 bits per heavy atom. The molecule has 0 saturated carbocycles. The molecule has 26 heavy (non-hydrogen) atoms. The summed E-state index contributed by atoms with van der Waals surface area (Å²) in [6.07, 6.45) is 0. The van der Waals surface area contributed by atoms with Crippen LogP contribution < -0.4 is 10.6 Å². The second kappa shape index (κ2) is 8.45. The lowest BCUT2D eigenvalue weighted by molar-refractivity contribution is -0.117. The Labute approximate surface area is 160 Å². The number of nitrogens with one attached hydrogen (secondary N) is 2. The molecule has 0 saturated heterocycles. The van der Waals surface area contributed by atoms with Crippen molar-refractivity contribution in [3.05, 3.63) is 87.3 Å². The second-order valence-electron chi connectivity index (χ2n) is 5.88. The number of thiophene rings is 1. The molecule has 0 spiro atoms. The molecule has 0 radical (unpaired) electrons. The molecule has 6 heteroatoms. The number of benzene rings is 2. The van der Waals surface area contributed by atoms with Gasteiger partial charge in [-0.15, -0.1) is 11.3 Å². The maximum atomic E-state index is 13.3. The van der Waals surface area contributed by atoms with E-state index in [2.05, 4.69) is 10.6 Å². The van der Waals surface area contributed by atoms with Crippen LogP contribution >= 0.6 is 22.9 Å². The average Bonchev–Trinajstić information content (AvgIpc) is 3.16. The third kappa shape index (κ3) is 4.69. The third-order valence-electron chi connectivity index (χ3n) is 3.95. The summed E-state index contributed by atoms with van der Waals surface area (Å²) in [5.74, 6) is -0.441. The maximum Gasteiger partial charge on any atom is 0.241 e. The number of carbonyl (C=O) groups excluding carboxylic acids is 1. The minimum Gasteiger partial charge on any atom is -0.325 e. The quantitative estimate of drug-likeness (QED) is 0.605. The van der Waals surface area contributed by atoms with Crippen molar-refractivity contribution in [3.63, 3.8) is 0 Å². The molecule has 0 aliphatic rings. The minimum absolute atomic E-state index is 0.156. The summed E-state index contributed by atoms with van der Waals surface area (Å²) in [5, 5.41) is 8.79. The zero-order valence-corrected chi connectivity index (χ0v) is 15.7. The highest BCUT2D eigenvalue weighted by molar-refractivity contribution is 7.10. The average molecular weight is 389 g/mol. The summed E-state index contributed by atoms with van der Waals surface area (Å²) in [5.41, 5.74) is 1.59. The van der Waals surface area contributed by atoms with Crippen molar-refractivity contribution in [2.75, 3.05) is 5.32 Å². The molecule has 2 aromatic carbocycles. The molecule has 2 N–H and O–H groups in total. The molecule has 134 valence electrons. The fourth-order valence-electron chi connectivity index (χ4n) is 2.56. The van der Waals surface area contributed by atoms with Gasteiger partial charge < -0.3 is 5.32 Å². The standard InChI is InChI=1S/C20H18ClFN2OS/c1-13(20(25)24-17-10-6-15(21)7-11-17)23-19(18-3-2-12-26-18)14-4-8-16(22)9-5-14/h2-13,19,23H,1H3,(H,24,25)/t13-,19-/m1/s1. The second-order valence-corrected chi connectivity index (χ2v) is 7.30. The Hall–Kier alpha value is -2.21. The van der Waals surface area contributed by atoms with Crippen LogP contribution in [-0.4, -0.2) is 11.9 Å². The molecule has 0 aliphatic heterocycles. The summed E-state index contributed by atoms with van der Waals surface area (Å²) in [6.45, 7) is 1.80. The van der Waals surface area contributed by atoms with Gasteiger partial charge in [-0.1, -0.05) is 29.8 Å².